The Morgan fingerprint density at radius 3 is 2.48 bits per heavy atom. The quantitative estimate of drug-likeness (QED) is 0.691. The molecule has 1 aromatic heterocycles. The molecule has 0 saturated carbocycles. The molecule has 2 rings (SSSR count). The van der Waals surface area contributed by atoms with Crippen LogP contribution in [0.2, 0.25) is 5.02 Å². The van der Waals surface area contributed by atoms with Gasteiger partial charge in [-0.25, -0.2) is 18.4 Å². The van der Waals surface area contributed by atoms with Crippen molar-refractivity contribution in [3.8, 4) is 0 Å². The number of nitrogens with two attached hydrogens (primary N) is 1. The van der Waals surface area contributed by atoms with Gasteiger partial charge in [0.1, 0.15) is 4.21 Å². The minimum atomic E-state index is -4.76. The molecule has 0 unspecified atom stereocenters. The molecular formula is C14H10ClF3N2O5S2. The van der Waals surface area contributed by atoms with Gasteiger partial charge in [-0.3, -0.25) is 4.79 Å². The Labute approximate surface area is 159 Å². The molecule has 2 aromatic rings. The summed E-state index contributed by atoms with van der Waals surface area (Å²) in [7, 11) is -4.00. The number of esters is 1. The number of carbonyl (C=O) groups excluding carboxylic acids is 2. The standard InChI is InChI=1S/C14H10ClF3N2O5S2/c15-8-1-2-10(9(4-8)14(16,17)18)20-11(21)5-25-13(22)7-3-12(26-6-7)27(19,23)24/h1-4,6H,5H2,(H,20,21)(H2,19,23,24). The number of sulfonamides is 1. The fraction of sp³-hybridized carbons (Fsp3) is 0.143. The lowest BCUT2D eigenvalue weighted by Gasteiger charge is -2.14. The molecule has 0 spiro atoms. The second-order valence-corrected chi connectivity index (χ2v) is 8.15. The molecule has 1 heterocycles. The summed E-state index contributed by atoms with van der Waals surface area (Å²) < 4.78 is 65.5. The van der Waals surface area contributed by atoms with Gasteiger partial charge in [-0.05, 0) is 24.3 Å². The van der Waals surface area contributed by atoms with Crippen LogP contribution in [0.1, 0.15) is 15.9 Å². The van der Waals surface area contributed by atoms with Crippen LogP contribution in [-0.2, 0) is 25.7 Å². The topological polar surface area (TPSA) is 116 Å². The number of rotatable bonds is 5. The zero-order valence-corrected chi connectivity index (χ0v) is 15.4. The minimum Gasteiger partial charge on any atom is -0.452 e. The molecule has 0 aliphatic heterocycles. The average Bonchev–Trinajstić information content (AvgIpc) is 3.03. The normalized spacial score (nSPS) is 11.9. The van der Waals surface area contributed by atoms with Crippen molar-refractivity contribution < 1.29 is 35.9 Å². The van der Waals surface area contributed by atoms with E-state index < -0.39 is 45.9 Å². The third-order valence-electron chi connectivity index (χ3n) is 2.99. The lowest BCUT2D eigenvalue weighted by molar-refractivity contribution is -0.137. The van der Waals surface area contributed by atoms with Crippen LogP contribution < -0.4 is 10.5 Å². The SMILES string of the molecule is NS(=O)(=O)c1cc(C(=O)OCC(=O)Nc2ccc(Cl)cc2C(F)(F)F)cs1. The predicted octanol–water partition coefficient (Wildman–Crippen LogP) is 2.86. The lowest BCUT2D eigenvalue weighted by atomic mass is 10.1. The molecule has 0 aliphatic carbocycles. The fourth-order valence-electron chi connectivity index (χ4n) is 1.83. The van der Waals surface area contributed by atoms with Crippen LogP contribution >= 0.6 is 22.9 Å². The van der Waals surface area contributed by atoms with Crippen LogP contribution in [0, 0.1) is 0 Å². The van der Waals surface area contributed by atoms with Gasteiger partial charge in [0.2, 0.25) is 10.0 Å². The number of halogens is 4. The molecular weight excluding hydrogens is 433 g/mol. The Hall–Kier alpha value is -2.15. The third kappa shape index (κ3) is 5.66. The number of amides is 1. The Balaban J connectivity index is 2.03. The number of carbonyl (C=O) groups is 2. The Morgan fingerprint density at radius 2 is 1.93 bits per heavy atom. The van der Waals surface area contributed by atoms with Crippen molar-refractivity contribution in [2.75, 3.05) is 11.9 Å². The van der Waals surface area contributed by atoms with Crippen LogP contribution in [0.25, 0.3) is 0 Å². The van der Waals surface area contributed by atoms with Crippen molar-refractivity contribution >= 4 is 50.5 Å². The van der Waals surface area contributed by atoms with E-state index in [-0.39, 0.29) is 14.8 Å². The summed E-state index contributed by atoms with van der Waals surface area (Å²) in [4.78, 5) is 23.6. The number of alkyl halides is 3. The molecule has 146 valence electrons. The summed E-state index contributed by atoms with van der Waals surface area (Å²) in [5.74, 6) is -2.07. The number of anilines is 1. The fourth-order valence-corrected chi connectivity index (χ4v) is 3.58. The van der Waals surface area contributed by atoms with Gasteiger partial charge in [-0.1, -0.05) is 11.6 Å². The number of hydrogen-bond donors (Lipinski definition) is 2. The Morgan fingerprint density at radius 1 is 1.26 bits per heavy atom. The van der Waals surface area contributed by atoms with Crippen molar-refractivity contribution in [3.05, 3.63) is 45.8 Å². The van der Waals surface area contributed by atoms with E-state index in [2.05, 4.69) is 4.74 Å². The molecule has 13 heteroatoms. The summed E-state index contributed by atoms with van der Waals surface area (Å²) in [6.07, 6.45) is -4.76. The molecule has 0 fully saturated rings. The first-order valence-corrected chi connectivity index (χ1v) is 9.63. The molecule has 27 heavy (non-hydrogen) atoms. The van der Waals surface area contributed by atoms with E-state index in [0.717, 1.165) is 23.6 Å². The highest BCUT2D eigenvalue weighted by Crippen LogP contribution is 2.36. The van der Waals surface area contributed by atoms with Gasteiger partial charge in [-0.2, -0.15) is 13.2 Å². The highest BCUT2D eigenvalue weighted by Gasteiger charge is 2.34. The van der Waals surface area contributed by atoms with Gasteiger partial charge >= 0.3 is 12.1 Å². The maximum absolute atomic E-state index is 13.0. The first-order valence-electron chi connectivity index (χ1n) is 6.83. The first kappa shape index (κ1) is 21.2. The number of ether oxygens (including phenoxy) is 1. The smallest absolute Gasteiger partial charge is 0.418 e. The van der Waals surface area contributed by atoms with Crippen molar-refractivity contribution in [2.45, 2.75) is 10.4 Å². The van der Waals surface area contributed by atoms with E-state index in [1.165, 1.54) is 0 Å². The van der Waals surface area contributed by atoms with Crippen molar-refractivity contribution in [2.24, 2.45) is 5.14 Å². The number of benzene rings is 1. The number of primary sulfonamides is 1. The Kier molecular flexibility index (Phi) is 6.14. The molecule has 3 N–H and O–H groups in total. The first-order chi connectivity index (χ1) is 12.4. The van der Waals surface area contributed by atoms with Gasteiger partial charge < -0.3 is 10.1 Å². The average molecular weight is 443 g/mol. The summed E-state index contributed by atoms with van der Waals surface area (Å²) in [5.41, 5.74) is -1.88. The van der Waals surface area contributed by atoms with Crippen LogP contribution in [0.5, 0.6) is 0 Å². The highest BCUT2D eigenvalue weighted by molar-refractivity contribution is 7.91. The Bertz CT molecular complexity index is 989. The highest BCUT2D eigenvalue weighted by atomic mass is 35.5. The zero-order valence-electron chi connectivity index (χ0n) is 13.0. The lowest BCUT2D eigenvalue weighted by Crippen LogP contribution is -2.22. The molecule has 7 nitrogen and oxygen atoms in total. The monoisotopic (exact) mass is 442 g/mol. The maximum Gasteiger partial charge on any atom is 0.418 e. The predicted molar refractivity (Wildman–Crippen MR) is 91.1 cm³/mol. The zero-order chi connectivity index (χ0) is 20.4. The van der Waals surface area contributed by atoms with Gasteiger partial charge in [0.05, 0.1) is 16.8 Å². The van der Waals surface area contributed by atoms with Crippen LogP contribution in [0.4, 0.5) is 18.9 Å². The maximum atomic E-state index is 13.0. The largest absolute Gasteiger partial charge is 0.452 e. The van der Waals surface area contributed by atoms with Gasteiger partial charge in [-0.15, -0.1) is 11.3 Å². The third-order valence-corrected chi connectivity index (χ3v) is 5.61. The van der Waals surface area contributed by atoms with E-state index in [1.807, 2.05) is 5.32 Å². The number of hydrogen-bond acceptors (Lipinski definition) is 6. The van der Waals surface area contributed by atoms with Gasteiger partial charge in [0, 0.05) is 10.4 Å². The number of thiophene rings is 1. The number of nitrogens with one attached hydrogen (secondary N) is 1. The van der Waals surface area contributed by atoms with Crippen LogP contribution in [-0.4, -0.2) is 26.9 Å². The molecule has 0 atom stereocenters. The van der Waals surface area contributed by atoms with Crippen molar-refractivity contribution in [3.63, 3.8) is 0 Å². The molecule has 0 radical (unpaired) electrons. The van der Waals surface area contributed by atoms with E-state index in [4.69, 9.17) is 16.7 Å². The van der Waals surface area contributed by atoms with Gasteiger partial charge in [0.25, 0.3) is 5.91 Å². The van der Waals surface area contributed by atoms with Crippen LogP contribution in [0.15, 0.2) is 33.9 Å². The molecule has 1 aromatic carbocycles. The molecule has 0 saturated heterocycles. The summed E-state index contributed by atoms with van der Waals surface area (Å²) in [5, 5.41) is 7.86. The van der Waals surface area contributed by atoms with Crippen molar-refractivity contribution in [1.29, 1.82) is 0 Å². The van der Waals surface area contributed by atoms with E-state index >= 15 is 0 Å². The van der Waals surface area contributed by atoms with E-state index in [1.54, 1.807) is 0 Å². The second kappa shape index (κ2) is 7.84. The molecule has 1 amide bonds. The second-order valence-electron chi connectivity index (χ2n) is 5.01. The van der Waals surface area contributed by atoms with Gasteiger partial charge in [0.15, 0.2) is 6.61 Å². The van der Waals surface area contributed by atoms with Crippen LogP contribution in [0.3, 0.4) is 0 Å². The minimum absolute atomic E-state index is 0.167. The van der Waals surface area contributed by atoms with E-state index in [0.29, 0.717) is 17.4 Å². The summed E-state index contributed by atoms with van der Waals surface area (Å²) in [6.45, 7) is -0.890. The molecule has 0 aliphatic rings. The summed E-state index contributed by atoms with van der Waals surface area (Å²) >= 11 is 6.21. The molecule has 0 bridgehead atoms. The summed E-state index contributed by atoms with van der Waals surface area (Å²) in [6, 6.07) is 3.71. The van der Waals surface area contributed by atoms with Crippen molar-refractivity contribution in [1.82, 2.24) is 0 Å². The van der Waals surface area contributed by atoms with E-state index in [9.17, 15) is 31.2 Å².